The maximum Gasteiger partial charge on any atom is 0.256 e. The first-order valence-electron chi connectivity index (χ1n) is 6.76. The standard InChI is InChI=1S/C15H19N3O/c1-10-6-11(16)9-18(8-10)15(19)13-7-17-14-5-3-2-4-12(13)14/h2-5,7,10-11,17H,6,8-9,16H2,1H3. The van der Waals surface area contributed by atoms with Gasteiger partial charge in [0, 0.05) is 36.2 Å². The molecule has 2 heterocycles. The van der Waals surface area contributed by atoms with Crippen LogP contribution in [0.2, 0.25) is 0 Å². The number of carbonyl (C=O) groups is 1. The molecule has 2 unspecified atom stereocenters. The quantitative estimate of drug-likeness (QED) is 0.820. The lowest BCUT2D eigenvalue weighted by Gasteiger charge is -2.34. The number of benzene rings is 1. The third-order valence-electron chi connectivity index (χ3n) is 3.80. The fourth-order valence-electron chi connectivity index (χ4n) is 2.98. The molecule has 1 aliphatic rings. The van der Waals surface area contributed by atoms with Gasteiger partial charge in [0.15, 0.2) is 0 Å². The van der Waals surface area contributed by atoms with Crippen molar-refractivity contribution in [2.24, 2.45) is 11.7 Å². The molecule has 3 rings (SSSR count). The minimum Gasteiger partial charge on any atom is -0.360 e. The zero-order valence-corrected chi connectivity index (χ0v) is 11.1. The lowest BCUT2D eigenvalue weighted by molar-refractivity contribution is 0.0663. The number of nitrogens with zero attached hydrogens (tertiary/aromatic N) is 1. The Morgan fingerprint density at radius 2 is 2.16 bits per heavy atom. The van der Waals surface area contributed by atoms with E-state index in [0.717, 1.165) is 29.4 Å². The minimum atomic E-state index is 0.0828. The summed E-state index contributed by atoms with van der Waals surface area (Å²) in [6, 6.07) is 7.98. The number of aromatic nitrogens is 1. The Bertz CT molecular complexity index is 594. The second-order valence-electron chi connectivity index (χ2n) is 5.56. The first kappa shape index (κ1) is 12.2. The molecule has 4 heteroatoms. The Hall–Kier alpha value is -1.81. The molecule has 1 saturated heterocycles. The van der Waals surface area contributed by atoms with Crippen LogP contribution in [-0.2, 0) is 0 Å². The topological polar surface area (TPSA) is 62.1 Å². The number of piperidine rings is 1. The van der Waals surface area contributed by atoms with E-state index in [-0.39, 0.29) is 11.9 Å². The molecule has 0 aliphatic carbocycles. The summed E-state index contributed by atoms with van der Waals surface area (Å²) in [4.78, 5) is 17.7. The van der Waals surface area contributed by atoms with Crippen LogP contribution in [0.4, 0.5) is 0 Å². The van der Waals surface area contributed by atoms with Crippen LogP contribution >= 0.6 is 0 Å². The highest BCUT2D eigenvalue weighted by molar-refractivity contribution is 6.06. The van der Waals surface area contributed by atoms with Gasteiger partial charge in [0.2, 0.25) is 0 Å². The monoisotopic (exact) mass is 257 g/mol. The molecule has 0 saturated carbocycles. The highest BCUT2D eigenvalue weighted by Gasteiger charge is 2.27. The number of carbonyl (C=O) groups excluding carboxylic acids is 1. The summed E-state index contributed by atoms with van der Waals surface area (Å²) in [6.07, 6.45) is 2.80. The molecule has 100 valence electrons. The van der Waals surface area contributed by atoms with Gasteiger partial charge in [0.1, 0.15) is 0 Å². The smallest absolute Gasteiger partial charge is 0.256 e. The number of hydrogen-bond acceptors (Lipinski definition) is 2. The number of para-hydroxylation sites is 1. The van der Waals surface area contributed by atoms with Crippen molar-refractivity contribution in [3.05, 3.63) is 36.0 Å². The maximum absolute atomic E-state index is 12.6. The SMILES string of the molecule is CC1CC(N)CN(C(=O)c2c[nH]c3ccccc23)C1. The van der Waals surface area contributed by atoms with Gasteiger partial charge in [-0.3, -0.25) is 4.79 Å². The van der Waals surface area contributed by atoms with E-state index in [1.165, 1.54) is 0 Å². The summed E-state index contributed by atoms with van der Waals surface area (Å²) in [5.41, 5.74) is 7.76. The molecule has 0 radical (unpaired) electrons. The summed E-state index contributed by atoms with van der Waals surface area (Å²) in [6.45, 7) is 3.60. The molecule has 1 fully saturated rings. The van der Waals surface area contributed by atoms with Crippen molar-refractivity contribution in [3.8, 4) is 0 Å². The molecule has 1 aromatic heterocycles. The summed E-state index contributed by atoms with van der Waals surface area (Å²) >= 11 is 0. The van der Waals surface area contributed by atoms with Gasteiger partial charge in [-0.15, -0.1) is 0 Å². The van der Waals surface area contributed by atoms with Crippen molar-refractivity contribution in [2.75, 3.05) is 13.1 Å². The molecule has 4 nitrogen and oxygen atoms in total. The van der Waals surface area contributed by atoms with Crippen LogP contribution in [0.25, 0.3) is 10.9 Å². The van der Waals surface area contributed by atoms with Gasteiger partial charge >= 0.3 is 0 Å². The highest BCUT2D eigenvalue weighted by Crippen LogP contribution is 2.22. The number of likely N-dealkylation sites (tertiary alicyclic amines) is 1. The summed E-state index contributed by atoms with van der Waals surface area (Å²) < 4.78 is 0. The van der Waals surface area contributed by atoms with E-state index in [2.05, 4.69) is 11.9 Å². The second kappa shape index (κ2) is 4.70. The van der Waals surface area contributed by atoms with E-state index in [4.69, 9.17) is 5.73 Å². The van der Waals surface area contributed by atoms with Crippen molar-refractivity contribution in [1.82, 2.24) is 9.88 Å². The number of rotatable bonds is 1. The van der Waals surface area contributed by atoms with Crippen molar-refractivity contribution in [1.29, 1.82) is 0 Å². The van der Waals surface area contributed by atoms with Gasteiger partial charge in [0.25, 0.3) is 5.91 Å². The van der Waals surface area contributed by atoms with Crippen LogP contribution in [0.5, 0.6) is 0 Å². The zero-order chi connectivity index (χ0) is 13.4. The Balaban J connectivity index is 1.91. The second-order valence-corrected chi connectivity index (χ2v) is 5.56. The normalized spacial score (nSPS) is 23.8. The van der Waals surface area contributed by atoms with E-state index in [0.29, 0.717) is 12.5 Å². The van der Waals surface area contributed by atoms with Crippen LogP contribution in [-0.4, -0.2) is 34.9 Å². The Labute approximate surface area is 112 Å². The first-order valence-corrected chi connectivity index (χ1v) is 6.76. The number of H-pyrrole nitrogens is 1. The van der Waals surface area contributed by atoms with Gasteiger partial charge in [-0.05, 0) is 18.4 Å². The van der Waals surface area contributed by atoms with Crippen LogP contribution < -0.4 is 5.73 Å². The molecule has 0 bridgehead atoms. The maximum atomic E-state index is 12.6. The van der Waals surface area contributed by atoms with Crippen molar-refractivity contribution in [3.63, 3.8) is 0 Å². The third-order valence-corrected chi connectivity index (χ3v) is 3.80. The van der Waals surface area contributed by atoms with Gasteiger partial charge in [-0.2, -0.15) is 0 Å². The van der Waals surface area contributed by atoms with E-state index < -0.39 is 0 Å². The van der Waals surface area contributed by atoms with Crippen molar-refractivity contribution >= 4 is 16.8 Å². The average molecular weight is 257 g/mol. The van der Waals surface area contributed by atoms with Crippen LogP contribution in [0, 0.1) is 5.92 Å². The number of nitrogens with one attached hydrogen (secondary N) is 1. The number of amides is 1. The average Bonchev–Trinajstić information content (AvgIpc) is 2.80. The number of hydrogen-bond donors (Lipinski definition) is 2. The Morgan fingerprint density at radius 1 is 1.37 bits per heavy atom. The molecule has 1 amide bonds. The Morgan fingerprint density at radius 3 is 2.95 bits per heavy atom. The first-order chi connectivity index (χ1) is 9.15. The third kappa shape index (κ3) is 2.24. The number of fused-ring (bicyclic) bond motifs is 1. The van der Waals surface area contributed by atoms with Gasteiger partial charge < -0.3 is 15.6 Å². The van der Waals surface area contributed by atoms with E-state index >= 15 is 0 Å². The number of nitrogens with two attached hydrogens (primary N) is 1. The number of aromatic amines is 1. The lowest BCUT2D eigenvalue weighted by Crippen LogP contribution is -2.48. The largest absolute Gasteiger partial charge is 0.360 e. The summed E-state index contributed by atoms with van der Waals surface area (Å²) in [7, 11) is 0. The fraction of sp³-hybridized carbons (Fsp3) is 0.400. The van der Waals surface area contributed by atoms with E-state index in [1.54, 1.807) is 6.20 Å². The zero-order valence-electron chi connectivity index (χ0n) is 11.1. The van der Waals surface area contributed by atoms with Crippen LogP contribution in [0.15, 0.2) is 30.5 Å². The fourth-order valence-corrected chi connectivity index (χ4v) is 2.98. The molecule has 2 aromatic rings. The van der Waals surface area contributed by atoms with Crippen LogP contribution in [0.1, 0.15) is 23.7 Å². The summed E-state index contributed by atoms with van der Waals surface area (Å²) in [5, 5.41) is 0.985. The predicted octanol–water partition coefficient (Wildman–Crippen LogP) is 1.98. The lowest BCUT2D eigenvalue weighted by atomic mass is 9.96. The summed E-state index contributed by atoms with van der Waals surface area (Å²) in [5.74, 6) is 0.553. The van der Waals surface area contributed by atoms with Gasteiger partial charge in [0.05, 0.1) is 5.56 Å². The molecule has 1 aromatic carbocycles. The van der Waals surface area contributed by atoms with E-state index in [1.807, 2.05) is 29.2 Å². The molecule has 2 atom stereocenters. The van der Waals surface area contributed by atoms with Crippen molar-refractivity contribution in [2.45, 2.75) is 19.4 Å². The molecule has 19 heavy (non-hydrogen) atoms. The minimum absolute atomic E-state index is 0.0828. The highest BCUT2D eigenvalue weighted by atomic mass is 16.2. The molecule has 1 aliphatic heterocycles. The van der Waals surface area contributed by atoms with Gasteiger partial charge in [-0.1, -0.05) is 25.1 Å². The predicted molar refractivity (Wildman–Crippen MR) is 76.0 cm³/mol. The van der Waals surface area contributed by atoms with Crippen LogP contribution in [0.3, 0.4) is 0 Å². The molecular formula is C15H19N3O. The molecule has 3 N–H and O–H groups in total. The Kier molecular flexibility index (Phi) is 3.03. The van der Waals surface area contributed by atoms with E-state index in [9.17, 15) is 4.79 Å². The molecular weight excluding hydrogens is 238 g/mol. The molecule has 0 spiro atoms. The van der Waals surface area contributed by atoms with Crippen molar-refractivity contribution < 1.29 is 4.79 Å². The van der Waals surface area contributed by atoms with Gasteiger partial charge in [-0.25, -0.2) is 0 Å².